The second kappa shape index (κ2) is 8.24. The predicted molar refractivity (Wildman–Crippen MR) is 129 cm³/mol. The maximum Gasteiger partial charge on any atom is 0.224 e. The molecule has 0 saturated heterocycles. The van der Waals surface area contributed by atoms with E-state index in [1.54, 1.807) is 18.6 Å². The van der Waals surface area contributed by atoms with Gasteiger partial charge in [-0.25, -0.2) is 4.98 Å². The molecule has 0 saturated carbocycles. The molecule has 0 aliphatic carbocycles. The standard InChI is InChI=1S/C26H22N6O/c1-15(2)6-25(33)31-19-7-17(11-28-13-19)18-8-21-22(14-30-26(21)29-12-18)24-9-20-16(10-27)4-3-5-23(20)32-24/h3-5,7-9,11-15,32H,6H2,1-2H3,(H,29,30)(H,31,33). The summed E-state index contributed by atoms with van der Waals surface area (Å²) in [5, 5.41) is 14.2. The number of carbonyl (C=O) groups excluding carboxylic acids is 1. The molecule has 0 spiro atoms. The van der Waals surface area contributed by atoms with Gasteiger partial charge in [0.25, 0.3) is 0 Å². The third kappa shape index (κ3) is 3.94. The summed E-state index contributed by atoms with van der Waals surface area (Å²) < 4.78 is 0. The van der Waals surface area contributed by atoms with Crippen molar-refractivity contribution in [3.05, 3.63) is 66.7 Å². The summed E-state index contributed by atoms with van der Waals surface area (Å²) in [4.78, 5) is 27.7. The van der Waals surface area contributed by atoms with E-state index >= 15 is 0 Å². The van der Waals surface area contributed by atoms with Crippen molar-refractivity contribution in [1.82, 2.24) is 19.9 Å². The van der Waals surface area contributed by atoms with Crippen molar-refractivity contribution in [2.75, 3.05) is 5.32 Å². The zero-order valence-electron chi connectivity index (χ0n) is 18.3. The Morgan fingerprint density at radius 3 is 2.79 bits per heavy atom. The summed E-state index contributed by atoms with van der Waals surface area (Å²) in [6.07, 6.45) is 7.57. The molecule has 1 amide bonds. The number of anilines is 1. The predicted octanol–water partition coefficient (Wildman–Crippen LogP) is 5.63. The van der Waals surface area contributed by atoms with Crippen molar-refractivity contribution >= 4 is 33.5 Å². The molecule has 7 nitrogen and oxygen atoms in total. The SMILES string of the molecule is CC(C)CC(=O)Nc1cncc(-c2cnc3[nH]cc(-c4cc5c(C#N)cccc5[nH]4)c3c2)c1. The van der Waals surface area contributed by atoms with Gasteiger partial charge >= 0.3 is 0 Å². The van der Waals surface area contributed by atoms with E-state index in [4.69, 9.17) is 0 Å². The van der Waals surface area contributed by atoms with Crippen molar-refractivity contribution < 1.29 is 4.79 Å². The van der Waals surface area contributed by atoms with E-state index in [0.717, 1.165) is 44.3 Å². The molecule has 0 unspecified atom stereocenters. The number of rotatable bonds is 5. The first-order chi connectivity index (χ1) is 16.0. The van der Waals surface area contributed by atoms with Crippen LogP contribution in [0.1, 0.15) is 25.8 Å². The fourth-order valence-electron chi connectivity index (χ4n) is 4.03. The number of aromatic amines is 2. The Kier molecular flexibility index (Phi) is 5.11. The topological polar surface area (TPSA) is 110 Å². The van der Waals surface area contributed by atoms with Gasteiger partial charge in [0.1, 0.15) is 5.65 Å². The van der Waals surface area contributed by atoms with Gasteiger partial charge in [-0.1, -0.05) is 19.9 Å². The molecule has 3 N–H and O–H groups in total. The maximum atomic E-state index is 12.2. The van der Waals surface area contributed by atoms with E-state index in [9.17, 15) is 10.1 Å². The second-order valence-electron chi connectivity index (χ2n) is 8.49. The van der Waals surface area contributed by atoms with Crippen LogP contribution >= 0.6 is 0 Å². The average Bonchev–Trinajstić information content (AvgIpc) is 3.41. The minimum absolute atomic E-state index is 0.0269. The van der Waals surface area contributed by atoms with Gasteiger partial charge in [0.05, 0.1) is 23.5 Å². The highest BCUT2D eigenvalue weighted by molar-refractivity contribution is 5.99. The van der Waals surface area contributed by atoms with Crippen molar-refractivity contribution in [3.63, 3.8) is 0 Å². The van der Waals surface area contributed by atoms with Crippen LogP contribution in [-0.2, 0) is 4.79 Å². The van der Waals surface area contributed by atoms with E-state index < -0.39 is 0 Å². The highest BCUT2D eigenvalue weighted by atomic mass is 16.1. The fraction of sp³-hybridized carbons (Fsp3) is 0.154. The van der Waals surface area contributed by atoms with E-state index in [0.29, 0.717) is 17.7 Å². The molecule has 0 bridgehead atoms. The van der Waals surface area contributed by atoms with Crippen molar-refractivity contribution in [1.29, 1.82) is 5.26 Å². The Hall–Kier alpha value is -4.44. The minimum Gasteiger partial charge on any atom is -0.354 e. The van der Waals surface area contributed by atoms with Crippen molar-refractivity contribution in [3.8, 4) is 28.5 Å². The summed E-state index contributed by atoms with van der Waals surface area (Å²) in [6, 6.07) is 13.9. The van der Waals surface area contributed by atoms with Crippen LogP contribution in [0.5, 0.6) is 0 Å². The maximum absolute atomic E-state index is 12.2. The van der Waals surface area contributed by atoms with Crippen molar-refractivity contribution in [2.24, 2.45) is 5.92 Å². The monoisotopic (exact) mass is 434 g/mol. The summed E-state index contributed by atoms with van der Waals surface area (Å²) in [5.74, 6) is 0.259. The molecule has 1 aromatic carbocycles. The lowest BCUT2D eigenvalue weighted by molar-refractivity contribution is -0.116. The molecule has 0 aliphatic rings. The normalized spacial score (nSPS) is 11.2. The molecule has 5 rings (SSSR count). The van der Waals surface area contributed by atoms with Gasteiger partial charge in [-0.3, -0.25) is 9.78 Å². The van der Waals surface area contributed by atoms with E-state index in [2.05, 4.69) is 37.4 Å². The molecular weight excluding hydrogens is 412 g/mol. The summed E-state index contributed by atoms with van der Waals surface area (Å²) in [7, 11) is 0. The number of nitrogens with zero attached hydrogens (tertiary/aromatic N) is 3. The Balaban J connectivity index is 1.53. The lowest BCUT2D eigenvalue weighted by Gasteiger charge is -2.08. The van der Waals surface area contributed by atoms with Gasteiger partial charge < -0.3 is 15.3 Å². The van der Waals surface area contributed by atoms with Crippen LogP contribution < -0.4 is 5.32 Å². The van der Waals surface area contributed by atoms with Crippen LogP contribution in [0, 0.1) is 17.2 Å². The number of carbonyl (C=O) groups is 1. The quantitative estimate of drug-likeness (QED) is 0.333. The van der Waals surface area contributed by atoms with Crippen LogP contribution in [0.3, 0.4) is 0 Å². The first kappa shape index (κ1) is 20.5. The van der Waals surface area contributed by atoms with Crippen LogP contribution in [0.4, 0.5) is 5.69 Å². The largest absolute Gasteiger partial charge is 0.354 e. The number of hydrogen-bond donors (Lipinski definition) is 3. The molecule has 0 radical (unpaired) electrons. The third-order valence-electron chi connectivity index (χ3n) is 5.55. The molecule has 4 heterocycles. The molecule has 33 heavy (non-hydrogen) atoms. The number of benzene rings is 1. The van der Waals surface area contributed by atoms with Gasteiger partial charge in [0.15, 0.2) is 0 Å². The Morgan fingerprint density at radius 1 is 1.12 bits per heavy atom. The first-order valence-corrected chi connectivity index (χ1v) is 10.8. The number of H-pyrrole nitrogens is 2. The molecule has 5 aromatic rings. The van der Waals surface area contributed by atoms with Gasteiger partial charge in [-0.2, -0.15) is 5.26 Å². The van der Waals surface area contributed by atoms with Crippen LogP contribution in [0.15, 0.2) is 61.2 Å². The van der Waals surface area contributed by atoms with E-state index in [-0.39, 0.29) is 11.8 Å². The number of pyridine rings is 2. The number of nitriles is 1. The molecule has 0 fully saturated rings. The third-order valence-corrected chi connectivity index (χ3v) is 5.55. The smallest absolute Gasteiger partial charge is 0.224 e. The molecule has 0 atom stereocenters. The fourth-order valence-corrected chi connectivity index (χ4v) is 4.03. The van der Waals surface area contributed by atoms with Gasteiger partial charge in [0, 0.05) is 63.7 Å². The summed E-state index contributed by atoms with van der Waals surface area (Å²) in [6.45, 7) is 4.02. The first-order valence-electron chi connectivity index (χ1n) is 10.8. The lowest BCUT2D eigenvalue weighted by atomic mass is 10.1. The molecule has 4 aromatic heterocycles. The zero-order chi connectivity index (χ0) is 22.9. The number of aromatic nitrogens is 4. The molecule has 7 heteroatoms. The van der Waals surface area contributed by atoms with Crippen LogP contribution in [0.25, 0.3) is 44.3 Å². The van der Waals surface area contributed by atoms with Gasteiger partial charge in [0.2, 0.25) is 5.91 Å². The number of nitrogens with one attached hydrogen (secondary N) is 3. The summed E-state index contributed by atoms with van der Waals surface area (Å²) >= 11 is 0. The molecule has 162 valence electrons. The minimum atomic E-state index is -0.0269. The second-order valence-corrected chi connectivity index (χ2v) is 8.49. The van der Waals surface area contributed by atoms with Crippen molar-refractivity contribution in [2.45, 2.75) is 20.3 Å². The Labute approximate surface area is 190 Å². The zero-order valence-corrected chi connectivity index (χ0v) is 18.3. The van der Waals surface area contributed by atoms with Gasteiger partial charge in [-0.05, 0) is 36.2 Å². The van der Waals surface area contributed by atoms with Crippen LogP contribution in [0.2, 0.25) is 0 Å². The number of amides is 1. The number of fused-ring (bicyclic) bond motifs is 2. The molecular formula is C26H22N6O. The Bertz CT molecular complexity index is 1540. The average molecular weight is 435 g/mol. The van der Waals surface area contributed by atoms with E-state index in [1.807, 2.05) is 50.4 Å². The lowest BCUT2D eigenvalue weighted by Crippen LogP contribution is -2.13. The highest BCUT2D eigenvalue weighted by Crippen LogP contribution is 2.33. The number of hydrogen-bond acceptors (Lipinski definition) is 4. The Morgan fingerprint density at radius 2 is 1.97 bits per heavy atom. The van der Waals surface area contributed by atoms with Gasteiger partial charge in [-0.15, -0.1) is 0 Å². The van der Waals surface area contributed by atoms with Crippen LogP contribution in [-0.4, -0.2) is 25.8 Å². The molecule has 0 aliphatic heterocycles. The summed E-state index contributed by atoms with van der Waals surface area (Å²) in [5.41, 5.74) is 6.61. The highest BCUT2D eigenvalue weighted by Gasteiger charge is 2.13. The van der Waals surface area contributed by atoms with E-state index in [1.165, 1.54) is 0 Å².